The van der Waals surface area contributed by atoms with Crippen LogP contribution in [-0.4, -0.2) is 17.0 Å². The smallest absolute Gasteiger partial charge is 0.327 e. The molecule has 0 aliphatic carbocycles. The number of alkyl halides is 4. The van der Waals surface area contributed by atoms with Gasteiger partial charge in [-0.25, -0.2) is 8.78 Å². The first-order chi connectivity index (χ1) is 8.38. The highest BCUT2D eigenvalue weighted by molar-refractivity contribution is 8.00. The highest BCUT2D eigenvalue weighted by Gasteiger charge is 2.50. The number of thioether (sulfide) groups is 1. The van der Waals surface area contributed by atoms with Gasteiger partial charge in [-0.1, -0.05) is 0 Å². The van der Waals surface area contributed by atoms with Gasteiger partial charge in [0, 0.05) is 10.5 Å². The Morgan fingerprint density at radius 1 is 1.44 bits per heavy atom. The van der Waals surface area contributed by atoms with Gasteiger partial charge in [-0.05, 0) is 30.8 Å². The number of hydrogen-bond donors (Lipinski definition) is 1. The lowest BCUT2D eigenvalue weighted by atomic mass is 10.0. The van der Waals surface area contributed by atoms with Gasteiger partial charge >= 0.3 is 5.25 Å². The number of ether oxygens (including phenoxy) is 1. The Labute approximate surface area is 105 Å². The molecule has 0 fully saturated rings. The van der Waals surface area contributed by atoms with Crippen molar-refractivity contribution in [2.45, 2.75) is 29.6 Å². The van der Waals surface area contributed by atoms with E-state index < -0.39 is 28.9 Å². The van der Waals surface area contributed by atoms with Crippen LogP contribution in [0.15, 0.2) is 17.0 Å². The van der Waals surface area contributed by atoms with Crippen LogP contribution in [-0.2, 0) is 0 Å². The number of fused-ring (bicyclic) bond motifs is 1. The lowest BCUT2D eigenvalue weighted by molar-refractivity contribution is -0.0328. The maximum Gasteiger partial charge on any atom is 0.327 e. The van der Waals surface area contributed by atoms with Crippen LogP contribution in [0.3, 0.4) is 0 Å². The highest BCUT2D eigenvalue weighted by Crippen LogP contribution is 2.57. The normalized spacial score (nSPS) is 21.2. The zero-order valence-corrected chi connectivity index (χ0v) is 10.1. The van der Waals surface area contributed by atoms with Gasteiger partial charge in [0.15, 0.2) is 6.10 Å². The van der Waals surface area contributed by atoms with Crippen molar-refractivity contribution in [2.75, 3.05) is 6.61 Å². The van der Waals surface area contributed by atoms with Crippen molar-refractivity contribution in [1.82, 2.24) is 0 Å². The van der Waals surface area contributed by atoms with Gasteiger partial charge in [0.05, 0.1) is 12.2 Å². The van der Waals surface area contributed by atoms with Crippen molar-refractivity contribution >= 4 is 11.8 Å². The summed E-state index contributed by atoms with van der Waals surface area (Å²) >= 11 is 0.0876. The summed E-state index contributed by atoms with van der Waals surface area (Å²) in [5, 5.41) is 5.98. The van der Waals surface area contributed by atoms with E-state index in [2.05, 4.69) is 0 Å². The number of hydrogen-bond acceptors (Lipinski definition) is 3. The number of halogens is 4. The van der Waals surface area contributed by atoms with Crippen molar-refractivity contribution < 1.29 is 27.4 Å². The first kappa shape index (κ1) is 13.5. The van der Waals surface area contributed by atoms with Crippen molar-refractivity contribution in [2.24, 2.45) is 0 Å². The summed E-state index contributed by atoms with van der Waals surface area (Å²) in [5.41, 5.74) is -1.07. The second-order valence-electron chi connectivity index (χ2n) is 3.69. The number of benzene rings is 1. The maximum atomic E-state index is 13.3. The monoisotopic (exact) mass is 282 g/mol. The Morgan fingerprint density at radius 3 is 2.67 bits per heavy atom. The fourth-order valence-corrected chi connectivity index (χ4v) is 2.83. The van der Waals surface area contributed by atoms with Crippen LogP contribution in [0, 0.1) is 0 Å². The number of aliphatic hydroxyl groups is 1. The molecule has 2 nitrogen and oxygen atoms in total. The molecule has 100 valence electrons. The van der Waals surface area contributed by atoms with Crippen LogP contribution >= 0.6 is 11.8 Å². The predicted octanol–water partition coefficient (Wildman–Crippen LogP) is 3.75. The molecule has 0 amide bonds. The number of rotatable bonds is 3. The first-order valence-electron chi connectivity index (χ1n) is 5.21. The Balaban J connectivity index is 2.58. The molecule has 18 heavy (non-hydrogen) atoms. The van der Waals surface area contributed by atoms with Crippen LogP contribution in [0.5, 0.6) is 5.75 Å². The van der Waals surface area contributed by atoms with Crippen molar-refractivity contribution in [3.05, 3.63) is 23.3 Å². The Hall–Kier alpha value is -0.950. The molecule has 7 heteroatoms. The molecule has 0 aromatic heterocycles. The Kier molecular flexibility index (Phi) is 3.46. The van der Waals surface area contributed by atoms with Gasteiger partial charge in [0.1, 0.15) is 5.75 Å². The lowest BCUT2D eigenvalue weighted by Gasteiger charge is -2.16. The molecule has 1 N–H and O–H groups in total. The molecule has 1 aliphatic heterocycles. The SMILES string of the molecule is CCOc1ccc2c(c1C(F)F)C(O)C(F)(F)S2. The van der Waals surface area contributed by atoms with Crippen molar-refractivity contribution in [3.8, 4) is 5.75 Å². The van der Waals surface area contributed by atoms with Gasteiger partial charge in [0.25, 0.3) is 6.43 Å². The van der Waals surface area contributed by atoms with E-state index in [1.54, 1.807) is 6.92 Å². The second-order valence-corrected chi connectivity index (χ2v) is 4.88. The predicted molar refractivity (Wildman–Crippen MR) is 58.3 cm³/mol. The highest BCUT2D eigenvalue weighted by atomic mass is 32.2. The minimum atomic E-state index is -3.49. The first-order valence-corrected chi connectivity index (χ1v) is 6.02. The van der Waals surface area contributed by atoms with E-state index in [-0.39, 0.29) is 29.0 Å². The molecule has 1 aromatic rings. The fraction of sp³-hybridized carbons (Fsp3) is 0.455. The topological polar surface area (TPSA) is 29.5 Å². The van der Waals surface area contributed by atoms with Gasteiger partial charge in [0.2, 0.25) is 0 Å². The lowest BCUT2D eigenvalue weighted by Crippen LogP contribution is -2.17. The molecule has 0 saturated carbocycles. The molecule has 0 spiro atoms. The molecular weight excluding hydrogens is 272 g/mol. The third kappa shape index (κ3) is 2.05. The second kappa shape index (κ2) is 4.62. The van der Waals surface area contributed by atoms with Crippen molar-refractivity contribution in [3.63, 3.8) is 0 Å². The summed E-state index contributed by atoms with van der Waals surface area (Å²) in [4.78, 5) is -0.0359. The standard InChI is InChI=1S/C11H10F4O2S/c1-2-17-5-3-4-6-8(7(5)10(12)13)9(16)11(14,15)18-6/h3-4,9-10,16H,2H2,1H3. The summed E-state index contributed by atoms with van der Waals surface area (Å²) in [6.45, 7) is 1.74. The zero-order valence-electron chi connectivity index (χ0n) is 9.29. The average molecular weight is 282 g/mol. The summed E-state index contributed by atoms with van der Waals surface area (Å²) < 4.78 is 57.6. The van der Waals surface area contributed by atoms with Gasteiger partial charge < -0.3 is 9.84 Å². The third-order valence-electron chi connectivity index (χ3n) is 2.56. The van der Waals surface area contributed by atoms with Crippen molar-refractivity contribution in [1.29, 1.82) is 0 Å². The van der Waals surface area contributed by atoms with E-state index in [0.717, 1.165) is 0 Å². The maximum absolute atomic E-state index is 13.3. The van der Waals surface area contributed by atoms with Gasteiger partial charge in [-0.2, -0.15) is 8.78 Å². The summed E-state index contributed by atoms with van der Waals surface area (Å²) in [6, 6.07) is 2.49. The van der Waals surface area contributed by atoms with E-state index in [9.17, 15) is 22.7 Å². The van der Waals surface area contributed by atoms with Crippen LogP contribution in [0.4, 0.5) is 17.6 Å². The third-order valence-corrected chi connectivity index (χ3v) is 3.63. The van der Waals surface area contributed by atoms with Gasteiger partial charge in [-0.3, -0.25) is 0 Å². The molecule has 1 aliphatic rings. The number of aliphatic hydroxyl groups excluding tert-OH is 1. The minimum absolute atomic E-state index is 0.0359. The van der Waals surface area contributed by atoms with Gasteiger partial charge in [-0.15, -0.1) is 0 Å². The average Bonchev–Trinajstić information content (AvgIpc) is 2.50. The minimum Gasteiger partial charge on any atom is -0.493 e. The van der Waals surface area contributed by atoms with Crippen LogP contribution in [0.25, 0.3) is 0 Å². The Bertz CT molecular complexity index is 465. The molecule has 1 aromatic carbocycles. The molecule has 1 heterocycles. The van der Waals surface area contributed by atoms with E-state index in [1.165, 1.54) is 12.1 Å². The van der Waals surface area contributed by atoms with Crippen LogP contribution in [0.2, 0.25) is 0 Å². The van der Waals surface area contributed by atoms with E-state index in [0.29, 0.717) is 0 Å². The molecule has 0 saturated heterocycles. The van der Waals surface area contributed by atoms with E-state index >= 15 is 0 Å². The van der Waals surface area contributed by atoms with E-state index in [1.807, 2.05) is 0 Å². The summed E-state index contributed by atoms with van der Waals surface area (Å²) in [5.74, 6) is -0.163. The molecule has 0 radical (unpaired) electrons. The van der Waals surface area contributed by atoms with Crippen LogP contribution < -0.4 is 4.74 Å². The molecule has 1 atom stereocenters. The Morgan fingerprint density at radius 2 is 2.11 bits per heavy atom. The molecule has 0 bridgehead atoms. The summed E-state index contributed by atoms with van der Waals surface area (Å²) in [7, 11) is 0. The fourth-order valence-electron chi connectivity index (χ4n) is 1.84. The quantitative estimate of drug-likeness (QED) is 0.856. The molecule has 2 rings (SSSR count). The summed E-state index contributed by atoms with van der Waals surface area (Å²) in [6.07, 6.45) is -5.22. The largest absolute Gasteiger partial charge is 0.493 e. The van der Waals surface area contributed by atoms with Crippen LogP contribution in [0.1, 0.15) is 30.6 Å². The zero-order chi connectivity index (χ0) is 13.5. The molecular formula is C11H10F4O2S. The van der Waals surface area contributed by atoms with E-state index in [4.69, 9.17) is 4.74 Å². The molecule has 1 unspecified atom stereocenters.